The van der Waals surface area contributed by atoms with Gasteiger partial charge in [0.15, 0.2) is 0 Å². The fraction of sp³-hybridized carbons (Fsp3) is 0.455. The number of alkyl halides is 4. The van der Waals surface area contributed by atoms with E-state index in [4.69, 9.17) is 0 Å². The van der Waals surface area contributed by atoms with Crippen LogP contribution in [0.4, 0.5) is 17.6 Å². The molecule has 0 heterocycles. The van der Waals surface area contributed by atoms with Gasteiger partial charge in [-0.3, -0.25) is 4.21 Å². The maximum atomic E-state index is 13.3. The number of rotatable bonds is 5. The molecule has 1 aromatic rings. The van der Waals surface area contributed by atoms with E-state index in [0.717, 1.165) is 5.19 Å². The predicted octanol–water partition coefficient (Wildman–Crippen LogP) is 0.393. The summed E-state index contributed by atoms with van der Waals surface area (Å²) in [5.41, 5.74) is 0. The Morgan fingerprint density at radius 2 is 1.52 bits per heavy atom. The summed E-state index contributed by atoms with van der Waals surface area (Å²) in [7, 11) is -1.61. The van der Waals surface area contributed by atoms with Crippen LogP contribution < -0.4 is 74.1 Å². The first-order valence-electron chi connectivity index (χ1n) is 5.52. The van der Waals surface area contributed by atoms with E-state index in [2.05, 4.69) is 19.6 Å². The van der Waals surface area contributed by atoms with E-state index in [0.29, 0.717) is 0 Å². The van der Waals surface area contributed by atoms with Crippen LogP contribution in [0.15, 0.2) is 29.2 Å². The first-order chi connectivity index (χ1) is 8.88. The molecule has 10 heteroatoms. The summed E-state index contributed by atoms with van der Waals surface area (Å²) >= 11 is -4.65. The van der Waals surface area contributed by atoms with Crippen LogP contribution in [0.2, 0.25) is 19.6 Å². The van der Waals surface area contributed by atoms with Crippen LogP contribution >= 0.6 is 11.8 Å². The Morgan fingerprint density at radius 1 is 1.10 bits per heavy atom. The normalized spacial score (nSPS) is 14.5. The molecule has 0 aliphatic rings. The first kappa shape index (κ1) is 22.7. The average molecular weight is 478 g/mol. The zero-order valence-electron chi connectivity index (χ0n) is 12.0. The maximum absolute atomic E-state index is 13.3. The molecule has 0 fully saturated rings. The molecule has 0 amide bonds. The SMILES string of the molecule is C[Si](C)(C)c1ccc(SC(F)(F)C(F)(F)S(=O)[O-])cc1.[Cs+]. The van der Waals surface area contributed by atoms with Gasteiger partial charge in [-0.25, -0.2) is 0 Å². The zero-order valence-corrected chi connectivity index (χ0v) is 20.9. The molecule has 2 nitrogen and oxygen atoms in total. The van der Waals surface area contributed by atoms with Crippen LogP contribution in [0.5, 0.6) is 0 Å². The van der Waals surface area contributed by atoms with Crippen molar-refractivity contribution in [1.82, 2.24) is 0 Å². The van der Waals surface area contributed by atoms with Gasteiger partial charge >= 0.3 is 79.4 Å². The van der Waals surface area contributed by atoms with Gasteiger partial charge in [0.2, 0.25) is 0 Å². The van der Waals surface area contributed by atoms with Gasteiger partial charge in [-0.15, -0.1) is 0 Å². The van der Waals surface area contributed by atoms with E-state index < -0.39 is 41.4 Å². The third-order valence-corrected chi connectivity index (χ3v) is 6.40. The van der Waals surface area contributed by atoms with E-state index in [1.807, 2.05) is 0 Å². The molecule has 1 unspecified atom stereocenters. The molecular formula is C11H13CsF4O2S2Si. The van der Waals surface area contributed by atoms with E-state index in [9.17, 15) is 26.3 Å². The number of benzene rings is 1. The van der Waals surface area contributed by atoms with Crippen molar-refractivity contribution < 1.29 is 95.2 Å². The van der Waals surface area contributed by atoms with Crippen molar-refractivity contribution >= 4 is 36.1 Å². The first-order valence-corrected chi connectivity index (χ1v) is 10.9. The molecule has 0 N–H and O–H groups in total. The van der Waals surface area contributed by atoms with Crippen molar-refractivity contribution in [2.45, 2.75) is 35.0 Å². The molecule has 0 aromatic heterocycles. The number of thioether (sulfide) groups is 1. The molecular weight excluding hydrogens is 465 g/mol. The van der Waals surface area contributed by atoms with Crippen LogP contribution in [0, 0.1) is 0 Å². The summed E-state index contributed by atoms with van der Waals surface area (Å²) in [5.74, 6) is 0. The van der Waals surface area contributed by atoms with E-state index in [1.54, 1.807) is 12.1 Å². The molecule has 0 bridgehead atoms. The van der Waals surface area contributed by atoms with Gasteiger partial charge in [0.1, 0.15) is 0 Å². The Bertz CT molecular complexity index is 506. The summed E-state index contributed by atoms with van der Waals surface area (Å²) in [4.78, 5) is -0.109. The van der Waals surface area contributed by atoms with E-state index in [1.165, 1.54) is 12.1 Å². The van der Waals surface area contributed by atoms with Crippen molar-refractivity contribution in [2.75, 3.05) is 0 Å². The van der Waals surface area contributed by atoms with Crippen molar-refractivity contribution in [1.29, 1.82) is 0 Å². The van der Waals surface area contributed by atoms with Crippen molar-refractivity contribution in [2.24, 2.45) is 0 Å². The van der Waals surface area contributed by atoms with Gasteiger partial charge in [0.05, 0.1) is 8.07 Å². The minimum Gasteiger partial charge on any atom is -0.768 e. The fourth-order valence-corrected chi connectivity index (χ4v) is 3.70. The van der Waals surface area contributed by atoms with Gasteiger partial charge in [0.25, 0.3) is 0 Å². The summed E-state index contributed by atoms with van der Waals surface area (Å²) in [6.07, 6.45) is 0. The second kappa shape index (κ2) is 8.17. The zero-order chi connectivity index (χ0) is 15.8. The Kier molecular flexibility index (Phi) is 8.81. The molecule has 0 saturated heterocycles. The van der Waals surface area contributed by atoms with Crippen molar-refractivity contribution in [3.63, 3.8) is 0 Å². The molecule has 21 heavy (non-hydrogen) atoms. The molecule has 0 saturated carbocycles. The molecule has 1 atom stereocenters. The smallest absolute Gasteiger partial charge is 0.768 e. The van der Waals surface area contributed by atoms with Gasteiger partial charge < -0.3 is 4.55 Å². The molecule has 0 spiro atoms. The Balaban J connectivity index is 0.00000400. The standard InChI is InChI=1S/C11H14F4O2S2Si.Cs/c1-20(2,3)9-6-4-8(5-7-9)18-10(12,13)11(14,15)19(16)17;/h4-7H,1-3H3,(H,16,17);/q;+1/p-1. The molecule has 0 aliphatic heterocycles. The average Bonchev–Trinajstić information content (AvgIpc) is 2.27. The minimum absolute atomic E-state index is 0. The van der Waals surface area contributed by atoms with Crippen LogP contribution in [-0.2, 0) is 11.1 Å². The quantitative estimate of drug-likeness (QED) is 0.266. The Hall–Kier alpha value is 1.67. The topological polar surface area (TPSA) is 40.1 Å². The van der Waals surface area contributed by atoms with E-state index in [-0.39, 0.29) is 73.8 Å². The minimum atomic E-state index is -5.12. The van der Waals surface area contributed by atoms with Gasteiger partial charge in [-0.2, -0.15) is 17.6 Å². The van der Waals surface area contributed by atoms with Crippen LogP contribution in [0.25, 0.3) is 0 Å². The molecule has 0 aliphatic carbocycles. The van der Waals surface area contributed by atoms with Crippen molar-refractivity contribution in [3.8, 4) is 0 Å². The summed E-state index contributed by atoms with van der Waals surface area (Å²) in [6.45, 7) is 6.16. The predicted molar refractivity (Wildman–Crippen MR) is 74.1 cm³/mol. The monoisotopic (exact) mass is 478 g/mol. The second-order valence-electron chi connectivity index (χ2n) is 5.14. The van der Waals surface area contributed by atoms with Crippen LogP contribution in [-0.4, -0.2) is 27.3 Å². The second-order valence-corrected chi connectivity index (χ2v) is 12.4. The summed E-state index contributed by atoms with van der Waals surface area (Å²) in [6, 6.07) is 5.82. The molecule has 0 radical (unpaired) electrons. The Morgan fingerprint density at radius 3 is 1.86 bits per heavy atom. The molecule has 1 aromatic carbocycles. The van der Waals surface area contributed by atoms with Crippen LogP contribution in [0.1, 0.15) is 0 Å². The summed E-state index contributed by atoms with van der Waals surface area (Å²) < 4.78 is 72.8. The summed E-state index contributed by atoms with van der Waals surface area (Å²) in [5, 5.41) is -8.85. The third kappa shape index (κ3) is 5.91. The van der Waals surface area contributed by atoms with E-state index >= 15 is 0 Å². The van der Waals surface area contributed by atoms with Crippen molar-refractivity contribution in [3.05, 3.63) is 24.3 Å². The maximum Gasteiger partial charge on any atom is 1.00 e. The molecule has 1 rings (SSSR count). The number of halogens is 4. The van der Waals surface area contributed by atoms with Gasteiger partial charge in [0, 0.05) is 16.0 Å². The number of hydrogen-bond donors (Lipinski definition) is 0. The van der Waals surface area contributed by atoms with Crippen LogP contribution in [0.3, 0.4) is 0 Å². The fourth-order valence-electron chi connectivity index (χ4n) is 1.33. The Labute approximate surface area is 187 Å². The number of hydrogen-bond acceptors (Lipinski definition) is 3. The third-order valence-electron chi connectivity index (χ3n) is 2.51. The molecule has 114 valence electrons. The van der Waals surface area contributed by atoms with Gasteiger partial charge in [-0.05, 0) is 23.9 Å². The van der Waals surface area contributed by atoms with Gasteiger partial charge in [-0.1, -0.05) is 37.0 Å². The largest absolute Gasteiger partial charge is 1.00 e.